The molecule has 2 rings (SSSR count). The quantitative estimate of drug-likeness (QED) is 0.606. The highest BCUT2D eigenvalue weighted by molar-refractivity contribution is 5.73. The predicted molar refractivity (Wildman–Crippen MR) is 117 cm³/mol. The molecule has 1 amide bonds. The molecule has 0 radical (unpaired) electrons. The molecule has 3 atom stereocenters. The lowest BCUT2D eigenvalue weighted by Gasteiger charge is -2.33. The van der Waals surface area contributed by atoms with Crippen molar-refractivity contribution in [2.45, 2.75) is 64.9 Å². The van der Waals surface area contributed by atoms with Crippen LogP contribution in [0.1, 0.15) is 45.7 Å². The van der Waals surface area contributed by atoms with Gasteiger partial charge in [0.05, 0.1) is 12.9 Å². The van der Waals surface area contributed by atoms with E-state index in [9.17, 15) is 15.0 Å². The summed E-state index contributed by atoms with van der Waals surface area (Å²) in [5.41, 5.74) is 1.03. The molecular weight excluding hydrogens is 400 g/mol. The average molecular weight is 441 g/mol. The zero-order valence-corrected chi connectivity index (χ0v) is 19.2. The van der Waals surface area contributed by atoms with Crippen molar-refractivity contribution in [2.24, 2.45) is 5.92 Å². The number of carbonyl (C=O) groups is 1. The van der Waals surface area contributed by atoms with E-state index in [2.05, 4.69) is 28.7 Å². The molecule has 31 heavy (non-hydrogen) atoms. The SMILES string of the molecule is CC(=O)N1CCN(Cc2cnc[nH]2)CCCCOC[C@H](O)[C@H](O)[C@@H](OCCC(C)C)C1. The zero-order valence-electron chi connectivity index (χ0n) is 19.2. The van der Waals surface area contributed by atoms with Gasteiger partial charge in [-0.1, -0.05) is 13.8 Å². The second-order valence-electron chi connectivity index (χ2n) is 8.75. The lowest BCUT2D eigenvalue weighted by Crippen LogP contribution is -2.50. The lowest BCUT2D eigenvalue weighted by molar-refractivity contribution is -0.140. The number of hydrogen-bond donors (Lipinski definition) is 3. The molecule has 1 aromatic rings. The topological polar surface area (TPSA) is 111 Å². The monoisotopic (exact) mass is 440 g/mol. The molecule has 0 aliphatic carbocycles. The second kappa shape index (κ2) is 13.8. The Labute approximate surface area is 185 Å². The number of aromatic nitrogens is 2. The predicted octanol–water partition coefficient (Wildman–Crippen LogP) is 1.02. The molecule has 3 N–H and O–H groups in total. The van der Waals surface area contributed by atoms with Crippen LogP contribution >= 0.6 is 0 Å². The van der Waals surface area contributed by atoms with Crippen LogP contribution in [0.4, 0.5) is 0 Å². The molecule has 0 bridgehead atoms. The molecule has 1 saturated heterocycles. The Morgan fingerprint density at radius 2 is 2.13 bits per heavy atom. The third kappa shape index (κ3) is 9.65. The zero-order chi connectivity index (χ0) is 22.6. The van der Waals surface area contributed by atoms with Crippen LogP contribution in [0, 0.1) is 5.92 Å². The van der Waals surface area contributed by atoms with Crippen LogP contribution in [-0.2, 0) is 20.8 Å². The van der Waals surface area contributed by atoms with Crippen molar-refractivity contribution in [3.63, 3.8) is 0 Å². The van der Waals surface area contributed by atoms with Gasteiger partial charge in [0, 0.05) is 58.2 Å². The molecule has 0 unspecified atom stereocenters. The summed E-state index contributed by atoms with van der Waals surface area (Å²) >= 11 is 0. The van der Waals surface area contributed by atoms with Crippen molar-refractivity contribution in [1.82, 2.24) is 19.8 Å². The number of rotatable bonds is 6. The first-order chi connectivity index (χ1) is 14.9. The van der Waals surface area contributed by atoms with Gasteiger partial charge < -0.3 is 29.6 Å². The molecule has 2 heterocycles. The first-order valence-electron chi connectivity index (χ1n) is 11.4. The van der Waals surface area contributed by atoms with E-state index in [0.29, 0.717) is 32.2 Å². The maximum atomic E-state index is 12.3. The number of carbonyl (C=O) groups excluding carboxylic acids is 1. The molecular formula is C22H40N4O5. The van der Waals surface area contributed by atoms with E-state index < -0.39 is 18.3 Å². The first-order valence-corrected chi connectivity index (χ1v) is 11.4. The fourth-order valence-electron chi connectivity index (χ4n) is 3.54. The number of nitrogens with one attached hydrogen (secondary N) is 1. The molecule has 1 aliphatic heterocycles. The minimum absolute atomic E-state index is 0.0448. The normalized spacial score (nSPS) is 25.5. The Morgan fingerprint density at radius 1 is 1.32 bits per heavy atom. The summed E-state index contributed by atoms with van der Waals surface area (Å²) in [4.78, 5) is 23.6. The number of aliphatic hydroxyl groups excluding tert-OH is 2. The van der Waals surface area contributed by atoms with E-state index in [-0.39, 0.29) is 19.1 Å². The Balaban J connectivity index is 2.09. The largest absolute Gasteiger partial charge is 0.388 e. The van der Waals surface area contributed by atoms with Gasteiger partial charge in [-0.15, -0.1) is 0 Å². The third-order valence-corrected chi connectivity index (χ3v) is 5.58. The van der Waals surface area contributed by atoms with Gasteiger partial charge in [-0.2, -0.15) is 0 Å². The van der Waals surface area contributed by atoms with Crippen LogP contribution in [0.25, 0.3) is 0 Å². The van der Waals surface area contributed by atoms with E-state index >= 15 is 0 Å². The maximum absolute atomic E-state index is 12.3. The van der Waals surface area contributed by atoms with Crippen LogP contribution in [0.5, 0.6) is 0 Å². The average Bonchev–Trinajstić information content (AvgIpc) is 3.23. The van der Waals surface area contributed by atoms with Crippen LogP contribution in [0.2, 0.25) is 0 Å². The van der Waals surface area contributed by atoms with Crippen molar-refractivity contribution in [2.75, 3.05) is 46.0 Å². The van der Waals surface area contributed by atoms with E-state index in [1.165, 1.54) is 6.92 Å². The molecule has 1 fully saturated rings. The van der Waals surface area contributed by atoms with Gasteiger partial charge in [-0.25, -0.2) is 4.98 Å². The number of nitrogens with zero attached hydrogens (tertiary/aromatic N) is 3. The van der Waals surface area contributed by atoms with Gasteiger partial charge in [0.15, 0.2) is 0 Å². The van der Waals surface area contributed by atoms with Crippen molar-refractivity contribution < 1.29 is 24.5 Å². The third-order valence-electron chi connectivity index (χ3n) is 5.58. The number of ether oxygens (including phenoxy) is 2. The summed E-state index contributed by atoms with van der Waals surface area (Å²) in [7, 11) is 0. The van der Waals surface area contributed by atoms with E-state index in [0.717, 1.165) is 38.0 Å². The second-order valence-corrected chi connectivity index (χ2v) is 8.75. The van der Waals surface area contributed by atoms with Gasteiger partial charge >= 0.3 is 0 Å². The maximum Gasteiger partial charge on any atom is 0.219 e. The highest BCUT2D eigenvalue weighted by Gasteiger charge is 2.30. The van der Waals surface area contributed by atoms with Crippen molar-refractivity contribution in [3.8, 4) is 0 Å². The molecule has 9 heteroatoms. The summed E-state index contributed by atoms with van der Waals surface area (Å²) in [6.07, 6.45) is 3.25. The molecule has 0 spiro atoms. The summed E-state index contributed by atoms with van der Waals surface area (Å²) in [6.45, 7) is 9.80. The highest BCUT2D eigenvalue weighted by atomic mass is 16.5. The molecule has 178 valence electrons. The Bertz CT molecular complexity index is 613. The van der Waals surface area contributed by atoms with E-state index in [4.69, 9.17) is 9.47 Å². The van der Waals surface area contributed by atoms with Gasteiger partial charge in [-0.3, -0.25) is 9.69 Å². The minimum atomic E-state index is -1.13. The fraction of sp³-hybridized carbons (Fsp3) is 0.818. The summed E-state index contributed by atoms with van der Waals surface area (Å²) < 4.78 is 11.5. The number of H-pyrrole nitrogens is 1. The van der Waals surface area contributed by atoms with Crippen LogP contribution in [-0.4, -0.2) is 100 Å². The summed E-state index contributed by atoms with van der Waals surface area (Å²) in [5, 5.41) is 21.1. The summed E-state index contributed by atoms with van der Waals surface area (Å²) in [6, 6.07) is 0. The van der Waals surface area contributed by atoms with Crippen LogP contribution in [0.15, 0.2) is 12.5 Å². The first kappa shape index (κ1) is 25.7. The molecule has 1 aromatic heterocycles. The number of hydrogen-bond acceptors (Lipinski definition) is 7. The van der Waals surface area contributed by atoms with Crippen molar-refractivity contribution in [1.29, 1.82) is 0 Å². The highest BCUT2D eigenvalue weighted by Crippen LogP contribution is 2.13. The standard InChI is InChI=1S/C22H40N4O5/c1-17(2)6-11-31-21-14-26(18(3)27)9-8-25(13-19-12-23-16-24-19)7-4-5-10-30-15-20(28)22(21)29/h12,16-17,20-22,28-29H,4-11,13-15H2,1-3H3,(H,23,24)/t20-,21-,22-/m0/s1. The van der Waals surface area contributed by atoms with Gasteiger partial charge in [-0.05, 0) is 31.7 Å². The molecule has 9 nitrogen and oxygen atoms in total. The number of aliphatic hydroxyl groups is 2. The van der Waals surface area contributed by atoms with Crippen molar-refractivity contribution >= 4 is 5.91 Å². The van der Waals surface area contributed by atoms with Gasteiger partial charge in [0.25, 0.3) is 0 Å². The van der Waals surface area contributed by atoms with Crippen LogP contribution in [0.3, 0.4) is 0 Å². The number of imidazole rings is 1. The molecule has 0 saturated carbocycles. The van der Waals surface area contributed by atoms with E-state index in [1.807, 2.05) is 6.20 Å². The Kier molecular flexibility index (Phi) is 11.5. The smallest absolute Gasteiger partial charge is 0.219 e. The van der Waals surface area contributed by atoms with Gasteiger partial charge in [0.1, 0.15) is 18.3 Å². The Hall–Kier alpha value is -1.52. The number of aromatic amines is 1. The molecule has 1 aliphatic rings. The fourth-order valence-corrected chi connectivity index (χ4v) is 3.54. The lowest BCUT2D eigenvalue weighted by atomic mass is 10.1. The van der Waals surface area contributed by atoms with Crippen molar-refractivity contribution in [3.05, 3.63) is 18.2 Å². The number of amides is 1. The van der Waals surface area contributed by atoms with Gasteiger partial charge in [0.2, 0.25) is 5.91 Å². The summed E-state index contributed by atoms with van der Waals surface area (Å²) in [5.74, 6) is 0.382. The minimum Gasteiger partial charge on any atom is -0.388 e. The Morgan fingerprint density at radius 3 is 2.81 bits per heavy atom. The van der Waals surface area contributed by atoms with E-state index in [1.54, 1.807) is 11.2 Å². The van der Waals surface area contributed by atoms with Crippen LogP contribution < -0.4 is 0 Å². The molecule has 0 aromatic carbocycles.